The summed E-state index contributed by atoms with van der Waals surface area (Å²) < 4.78 is 0. The first-order chi connectivity index (χ1) is 7.13. The summed E-state index contributed by atoms with van der Waals surface area (Å²) in [5.74, 6) is 0. The molecule has 0 bridgehead atoms. The van der Waals surface area contributed by atoms with Crippen molar-refractivity contribution in [2.24, 2.45) is 0 Å². The van der Waals surface area contributed by atoms with E-state index in [-0.39, 0.29) is 0 Å². The van der Waals surface area contributed by atoms with Gasteiger partial charge in [0, 0.05) is 42.8 Å². The van der Waals surface area contributed by atoms with Crippen LogP contribution in [-0.4, -0.2) is 35.1 Å². The fraction of sp³-hybridized carbons (Fsp3) is 0.727. The lowest BCUT2D eigenvalue weighted by atomic mass is 10.1. The standard InChI is InChI=1S/C11H19N3S/c1-8-5-14(6-9(2)13-8)7-11-4-12-10(3)15-11/h4,8-9,13H,5-7H2,1-3H3. The molecule has 2 heterocycles. The van der Waals surface area contributed by atoms with Crippen molar-refractivity contribution in [2.45, 2.75) is 39.4 Å². The smallest absolute Gasteiger partial charge is 0.0897 e. The lowest BCUT2D eigenvalue weighted by Gasteiger charge is -2.35. The number of nitrogens with one attached hydrogen (secondary N) is 1. The molecular formula is C11H19N3S. The summed E-state index contributed by atoms with van der Waals surface area (Å²) in [6, 6.07) is 1.20. The lowest BCUT2D eigenvalue weighted by molar-refractivity contribution is 0.168. The van der Waals surface area contributed by atoms with Crippen LogP contribution in [0.15, 0.2) is 6.20 Å². The van der Waals surface area contributed by atoms with Gasteiger partial charge in [0.15, 0.2) is 0 Å². The maximum atomic E-state index is 4.30. The average molecular weight is 225 g/mol. The lowest BCUT2D eigenvalue weighted by Crippen LogP contribution is -2.53. The highest BCUT2D eigenvalue weighted by Crippen LogP contribution is 2.16. The Bertz CT molecular complexity index is 313. The SMILES string of the molecule is Cc1ncc(CN2CC(C)NC(C)C2)s1. The molecular weight excluding hydrogens is 206 g/mol. The van der Waals surface area contributed by atoms with Crippen molar-refractivity contribution >= 4 is 11.3 Å². The molecule has 0 radical (unpaired) electrons. The highest BCUT2D eigenvalue weighted by molar-refractivity contribution is 7.11. The molecule has 1 fully saturated rings. The zero-order valence-electron chi connectivity index (χ0n) is 9.66. The summed E-state index contributed by atoms with van der Waals surface area (Å²) in [7, 11) is 0. The minimum absolute atomic E-state index is 0.600. The van der Waals surface area contributed by atoms with Crippen LogP contribution in [-0.2, 0) is 6.54 Å². The van der Waals surface area contributed by atoms with Gasteiger partial charge in [0.2, 0.25) is 0 Å². The first-order valence-corrected chi connectivity index (χ1v) is 6.35. The van der Waals surface area contributed by atoms with Crippen LogP contribution in [0, 0.1) is 6.92 Å². The van der Waals surface area contributed by atoms with Gasteiger partial charge in [-0.2, -0.15) is 0 Å². The van der Waals surface area contributed by atoms with Crippen molar-refractivity contribution in [3.8, 4) is 0 Å². The second-order valence-electron chi connectivity index (χ2n) is 4.51. The predicted molar refractivity (Wildman–Crippen MR) is 64.2 cm³/mol. The quantitative estimate of drug-likeness (QED) is 0.829. The largest absolute Gasteiger partial charge is 0.309 e. The van der Waals surface area contributed by atoms with Crippen LogP contribution in [0.5, 0.6) is 0 Å². The Labute approximate surface area is 95.5 Å². The monoisotopic (exact) mass is 225 g/mol. The van der Waals surface area contributed by atoms with Crippen LogP contribution in [0.3, 0.4) is 0 Å². The molecule has 84 valence electrons. The van der Waals surface area contributed by atoms with Gasteiger partial charge in [-0.15, -0.1) is 11.3 Å². The molecule has 1 N–H and O–H groups in total. The molecule has 2 atom stereocenters. The van der Waals surface area contributed by atoms with Gasteiger partial charge in [0.1, 0.15) is 0 Å². The molecule has 1 aromatic rings. The van der Waals surface area contributed by atoms with E-state index in [2.05, 4.69) is 36.0 Å². The number of aromatic nitrogens is 1. The van der Waals surface area contributed by atoms with Crippen LogP contribution in [0.4, 0.5) is 0 Å². The highest BCUT2D eigenvalue weighted by Gasteiger charge is 2.21. The van der Waals surface area contributed by atoms with Crippen LogP contribution in [0.25, 0.3) is 0 Å². The zero-order valence-corrected chi connectivity index (χ0v) is 10.5. The first kappa shape index (κ1) is 11.0. The third kappa shape index (κ3) is 3.00. The van der Waals surface area contributed by atoms with Gasteiger partial charge in [-0.1, -0.05) is 0 Å². The number of hydrogen-bond acceptors (Lipinski definition) is 4. The van der Waals surface area contributed by atoms with Crippen LogP contribution in [0.2, 0.25) is 0 Å². The second kappa shape index (κ2) is 4.60. The number of rotatable bonds is 2. The molecule has 0 aliphatic carbocycles. The van der Waals surface area contributed by atoms with Gasteiger partial charge in [-0.25, -0.2) is 4.98 Å². The van der Waals surface area contributed by atoms with Gasteiger partial charge in [-0.3, -0.25) is 4.90 Å². The summed E-state index contributed by atoms with van der Waals surface area (Å²) in [4.78, 5) is 8.19. The van der Waals surface area contributed by atoms with Crippen molar-refractivity contribution in [3.05, 3.63) is 16.1 Å². The fourth-order valence-electron chi connectivity index (χ4n) is 2.27. The Morgan fingerprint density at radius 1 is 1.47 bits per heavy atom. The van der Waals surface area contributed by atoms with Crippen LogP contribution >= 0.6 is 11.3 Å². The molecule has 0 aromatic carbocycles. The van der Waals surface area contributed by atoms with Gasteiger partial charge in [-0.05, 0) is 20.8 Å². The normalized spacial score (nSPS) is 28.2. The Kier molecular flexibility index (Phi) is 3.38. The highest BCUT2D eigenvalue weighted by atomic mass is 32.1. The number of aryl methyl sites for hydroxylation is 1. The Hall–Kier alpha value is -0.450. The minimum Gasteiger partial charge on any atom is -0.309 e. The molecule has 15 heavy (non-hydrogen) atoms. The van der Waals surface area contributed by atoms with Gasteiger partial charge >= 0.3 is 0 Å². The average Bonchev–Trinajstić information content (AvgIpc) is 2.49. The van der Waals surface area contributed by atoms with Crippen molar-refractivity contribution in [1.29, 1.82) is 0 Å². The van der Waals surface area contributed by atoms with Gasteiger partial charge in [0.05, 0.1) is 5.01 Å². The van der Waals surface area contributed by atoms with Crippen molar-refractivity contribution in [3.63, 3.8) is 0 Å². The van der Waals surface area contributed by atoms with E-state index in [1.165, 1.54) is 9.88 Å². The zero-order chi connectivity index (χ0) is 10.8. The van der Waals surface area contributed by atoms with Crippen molar-refractivity contribution in [2.75, 3.05) is 13.1 Å². The summed E-state index contributed by atoms with van der Waals surface area (Å²) in [5.41, 5.74) is 0. The van der Waals surface area contributed by atoms with E-state index in [0.29, 0.717) is 12.1 Å². The fourth-order valence-corrected chi connectivity index (χ4v) is 3.11. The molecule has 2 unspecified atom stereocenters. The van der Waals surface area contributed by atoms with Crippen molar-refractivity contribution in [1.82, 2.24) is 15.2 Å². The number of hydrogen-bond donors (Lipinski definition) is 1. The van der Waals surface area contributed by atoms with E-state index in [4.69, 9.17) is 0 Å². The van der Waals surface area contributed by atoms with Crippen LogP contribution in [0.1, 0.15) is 23.7 Å². The maximum Gasteiger partial charge on any atom is 0.0897 e. The number of thiazole rings is 1. The number of nitrogens with zero attached hydrogens (tertiary/aromatic N) is 2. The second-order valence-corrected chi connectivity index (χ2v) is 5.83. The molecule has 1 aromatic heterocycles. The molecule has 3 nitrogen and oxygen atoms in total. The van der Waals surface area contributed by atoms with Crippen molar-refractivity contribution < 1.29 is 0 Å². The molecule has 4 heteroatoms. The van der Waals surface area contributed by atoms with Gasteiger partial charge in [0.25, 0.3) is 0 Å². The molecule has 1 saturated heterocycles. The summed E-state index contributed by atoms with van der Waals surface area (Å²) in [6.07, 6.45) is 2.01. The Morgan fingerprint density at radius 2 is 2.13 bits per heavy atom. The molecule has 1 aliphatic heterocycles. The minimum atomic E-state index is 0.600. The molecule has 0 saturated carbocycles. The van der Waals surface area contributed by atoms with E-state index < -0.39 is 0 Å². The maximum absolute atomic E-state index is 4.30. The van der Waals surface area contributed by atoms with Gasteiger partial charge < -0.3 is 5.32 Å². The topological polar surface area (TPSA) is 28.2 Å². The van der Waals surface area contributed by atoms with Crippen LogP contribution < -0.4 is 5.32 Å². The third-order valence-corrected chi connectivity index (χ3v) is 3.58. The molecule has 1 aliphatic rings. The Morgan fingerprint density at radius 3 is 2.67 bits per heavy atom. The first-order valence-electron chi connectivity index (χ1n) is 5.53. The third-order valence-electron chi connectivity index (χ3n) is 2.68. The van der Waals surface area contributed by atoms with E-state index in [9.17, 15) is 0 Å². The predicted octanol–water partition coefficient (Wildman–Crippen LogP) is 1.63. The summed E-state index contributed by atoms with van der Waals surface area (Å²) in [6.45, 7) is 9.91. The number of piperazine rings is 1. The Balaban J connectivity index is 1.94. The molecule has 0 amide bonds. The van der Waals surface area contributed by atoms with E-state index >= 15 is 0 Å². The molecule has 2 rings (SSSR count). The van der Waals surface area contributed by atoms with E-state index in [0.717, 1.165) is 19.6 Å². The summed E-state index contributed by atoms with van der Waals surface area (Å²) in [5, 5.41) is 4.71. The van der Waals surface area contributed by atoms with E-state index in [1.807, 2.05) is 17.5 Å². The van der Waals surface area contributed by atoms with E-state index in [1.54, 1.807) is 0 Å². The summed E-state index contributed by atoms with van der Waals surface area (Å²) >= 11 is 1.81. The molecule has 0 spiro atoms.